The van der Waals surface area contributed by atoms with E-state index in [0.717, 1.165) is 31.5 Å². The number of nitrogens with zero attached hydrogens (tertiary/aromatic N) is 1. The SMILES string of the molecule is CC1CC(C)N(Cc2ccccc2CCNC(C)C)C1. The van der Waals surface area contributed by atoms with Crippen LogP contribution in [-0.4, -0.2) is 30.1 Å². The fourth-order valence-corrected chi connectivity index (χ4v) is 3.28. The highest BCUT2D eigenvalue weighted by atomic mass is 15.2. The van der Waals surface area contributed by atoms with Crippen LogP contribution >= 0.6 is 0 Å². The van der Waals surface area contributed by atoms with Gasteiger partial charge < -0.3 is 5.32 Å². The molecule has 0 bridgehead atoms. The maximum absolute atomic E-state index is 3.52. The van der Waals surface area contributed by atoms with Gasteiger partial charge in [0.05, 0.1) is 0 Å². The van der Waals surface area contributed by atoms with Gasteiger partial charge in [-0.3, -0.25) is 4.90 Å². The summed E-state index contributed by atoms with van der Waals surface area (Å²) in [5, 5.41) is 3.52. The third kappa shape index (κ3) is 4.32. The molecule has 2 heteroatoms. The molecule has 1 N–H and O–H groups in total. The summed E-state index contributed by atoms with van der Waals surface area (Å²) in [4.78, 5) is 2.64. The number of hydrogen-bond acceptors (Lipinski definition) is 2. The number of benzene rings is 1. The molecule has 2 nitrogen and oxygen atoms in total. The molecule has 112 valence electrons. The van der Waals surface area contributed by atoms with Crippen molar-refractivity contribution >= 4 is 0 Å². The molecule has 0 radical (unpaired) electrons. The van der Waals surface area contributed by atoms with Crippen molar-refractivity contribution in [2.75, 3.05) is 13.1 Å². The largest absolute Gasteiger partial charge is 0.314 e. The number of hydrogen-bond donors (Lipinski definition) is 1. The van der Waals surface area contributed by atoms with Crippen LogP contribution in [0.1, 0.15) is 45.2 Å². The first-order chi connectivity index (χ1) is 9.56. The minimum Gasteiger partial charge on any atom is -0.314 e. The molecule has 0 aromatic heterocycles. The highest BCUT2D eigenvalue weighted by molar-refractivity contribution is 5.27. The Kier molecular flexibility index (Phi) is 5.62. The summed E-state index contributed by atoms with van der Waals surface area (Å²) in [5.74, 6) is 0.847. The molecule has 1 aliphatic rings. The smallest absolute Gasteiger partial charge is 0.0239 e. The molecule has 1 aromatic carbocycles. The summed E-state index contributed by atoms with van der Waals surface area (Å²) in [6.07, 6.45) is 2.48. The van der Waals surface area contributed by atoms with E-state index >= 15 is 0 Å². The Morgan fingerprint density at radius 2 is 1.90 bits per heavy atom. The van der Waals surface area contributed by atoms with Gasteiger partial charge in [0.25, 0.3) is 0 Å². The minimum absolute atomic E-state index is 0.571. The van der Waals surface area contributed by atoms with Gasteiger partial charge in [-0.1, -0.05) is 45.0 Å². The van der Waals surface area contributed by atoms with Crippen LogP contribution in [0.5, 0.6) is 0 Å². The monoisotopic (exact) mass is 274 g/mol. The Hall–Kier alpha value is -0.860. The topological polar surface area (TPSA) is 15.3 Å². The number of nitrogens with one attached hydrogen (secondary N) is 1. The Labute approximate surface area is 124 Å². The molecule has 2 unspecified atom stereocenters. The van der Waals surface area contributed by atoms with Crippen LogP contribution in [0.15, 0.2) is 24.3 Å². The van der Waals surface area contributed by atoms with E-state index < -0.39 is 0 Å². The lowest BCUT2D eigenvalue weighted by molar-refractivity contribution is 0.256. The van der Waals surface area contributed by atoms with E-state index in [1.54, 1.807) is 0 Å². The van der Waals surface area contributed by atoms with Gasteiger partial charge in [0.15, 0.2) is 0 Å². The second-order valence-electron chi connectivity index (χ2n) is 6.75. The molecular formula is C18H30N2. The summed E-state index contributed by atoms with van der Waals surface area (Å²) in [5.41, 5.74) is 3.02. The van der Waals surface area contributed by atoms with E-state index in [-0.39, 0.29) is 0 Å². The summed E-state index contributed by atoms with van der Waals surface area (Å²) in [6, 6.07) is 10.2. The van der Waals surface area contributed by atoms with Crippen molar-refractivity contribution in [1.29, 1.82) is 0 Å². The zero-order chi connectivity index (χ0) is 14.5. The van der Waals surface area contributed by atoms with E-state index in [2.05, 4.69) is 62.2 Å². The predicted octanol–water partition coefficient (Wildman–Crippen LogP) is 3.46. The number of likely N-dealkylation sites (tertiary alicyclic amines) is 1. The van der Waals surface area contributed by atoms with E-state index in [1.165, 1.54) is 24.1 Å². The third-order valence-electron chi connectivity index (χ3n) is 4.35. The van der Waals surface area contributed by atoms with Crippen molar-refractivity contribution in [3.05, 3.63) is 35.4 Å². The van der Waals surface area contributed by atoms with Crippen LogP contribution in [0.4, 0.5) is 0 Å². The average Bonchev–Trinajstić information content (AvgIpc) is 2.69. The first-order valence-electron chi connectivity index (χ1n) is 8.10. The van der Waals surface area contributed by atoms with Crippen molar-refractivity contribution in [3.63, 3.8) is 0 Å². The van der Waals surface area contributed by atoms with Crippen LogP contribution in [0, 0.1) is 5.92 Å². The van der Waals surface area contributed by atoms with Gasteiger partial charge in [-0.2, -0.15) is 0 Å². The molecule has 1 fully saturated rings. The Morgan fingerprint density at radius 3 is 2.50 bits per heavy atom. The summed E-state index contributed by atoms with van der Waals surface area (Å²) >= 11 is 0. The Bertz CT molecular complexity index is 414. The average molecular weight is 274 g/mol. The van der Waals surface area contributed by atoms with Crippen LogP contribution in [0.25, 0.3) is 0 Å². The molecule has 2 rings (SSSR count). The van der Waals surface area contributed by atoms with Crippen molar-refractivity contribution in [1.82, 2.24) is 10.2 Å². The Balaban J connectivity index is 1.97. The van der Waals surface area contributed by atoms with Gasteiger partial charge in [-0.05, 0) is 43.4 Å². The Morgan fingerprint density at radius 1 is 1.20 bits per heavy atom. The van der Waals surface area contributed by atoms with E-state index in [1.807, 2.05) is 0 Å². The van der Waals surface area contributed by atoms with Crippen molar-refractivity contribution in [2.45, 2.75) is 59.2 Å². The van der Waals surface area contributed by atoms with Crippen molar-refractivity contribution in [3.8, 4) is 0 Å². The van der Waals surface area contributed by atoms with E-state index in [9.17, 15) is 0 Å². The zero-order valence-corrected chi connectivity index (χ0v) is 13.5. The van der Waals surface area contributed by atoms with Gasteiger partial charge in [0.2, 0.25) is 0 Å². The fourth-order valence-electron chi connectivity index (χ4n) is 3.28. The molecule has 1 aromatic rings. The molecule has 0 aliphatic carbocycles. The summed E-state index contributed by atoms with van der Waals surface area (Å²) in [7, 11) is 0. The molecule has 20 heavy (non-hydrogen) atoms. The van der Waals surface area contributed by atoms with Gasteiger partial charge in [-0.15, -0.1) is 0 Å². The molecule has 0 spiro atoms. The second-order valence-corrected chi connectivity index (χ2v) is 6.75. The maximum Gasteiger partial charge on any atom is 0.0239 e. The highest BCUT2D eigenvalue weighted by Gasteiger charge is 2.26. The third-order valence-corrected chi connectivity index (χ3v) is 4.35. The standard InChI is InChI=1S/C18H30N2/c1-14(2)19-10-9-17-7-5-6-8-18(17)13-20-12-15(3)11-16(20)4/h5-8,14-16,19H,9-13H2,1-4H3. The highest BCUT2D eigenvalue weighted by Crippen LogP contribution is 2.25. The molecule has 0 saturated carbocycles. The first-order valence-corrected chi connectivity index (χ1v) is 8.10. The molecule has 2 atom stereocenters. The van der Waals surface area contributed by atoms with Crippen LogP contribution in [0.2, 0.25) is 0 Å². The van der Waals surface area contributed by atoms with Gasteiger partial charge in [0, 0.05) is 25.2 Å². The van der Waals surface area contributed by atoms with Gasteiger partial charge >= 0.3 is 0 Å². The predicted molar refractivity (Wildman–Crippen MR) is 86.9 cm³/mol. The lowest BCUT2D eigenvalue weighted by atomic mass is 10.0. The van der Waals surface area contributed by atoms with E-state index in [0.29, 0.717) is 6.04 Å². The first kappa shape index (κ1) is 15.5. The number of rotatable bonds is 6. The minimum atomic E-state index is 0.571. The maximum atomic E-state index is 3.52. The quantitative estimate of drug-likeness (QED) is 0.854. The molecule has 1 heterocycles. The molecule has 0 amide bonds. The summed E-state index contributed by atoms with van der Waals surface area (Å²) in [6.45, 7) is 12.6. The zero-order valence-electron chi connectivity index (χ0n) is 13.5. The lowest BCUT2D eigenvalue weighted by Gasteiger charge is -2.23. The fraction of sp³-hybridized carbons (Fsp3) is 0.667. The molecular weight excluding hydrogens is 244 g/mol. The normalized spacial score (nSPS) is 23.6. The van der Waals surface area contributed by atoms with Crippen LogP contribution < -0.4 is 5.32 Å². The van der Waals surface area contributed by atoms with Gasteiger partial charge in [-0.25, -0.2) is 0 Å². The molecule has 1 saturated heterocycles. The van der Waals surface area contributed by atoms with Gasteiger partial charge in [0.1, 0.15) is 0 Å². The van der Waals surface area contributed by atoms with Crippen LogP contribution in [0.3, 0.4) is 0 Å². The van der Waals surface area contributed by atoms with Crippen LogP contribution in [-0.2, 0) is 13.0 Å². The van der Waals surface area contributed by atoms with Crippen molar-refractivity contribution < 1.29 is 0 Å². The molecule has 1 aliphatic heterocycles. The lowest BCUT2D eigenvalue weighted by Crippen LogP contribution is -2.28. The van der Waals surface area contributed by atoms with E-state index in [4.69, 9.17) is 0 Å². The summed E-state index contributed by atoms with van der Waals surface area (Å²) < 4.78 is 0. The second kappa shape index (κ2) is 7.24. The van der Waals surface area contributed by atoms with Crippen molar-refractivity contribution in [2.24, 2.45) is 5.92 Å².